The maximum absolute atomic E-state index is 15.3. The maximum Gasteiger partial charge on any atom is 0.260 e. The molecule has 348 valence electrons. The summed E-state index contributed by atoms with van der Waals surface area (Å²) in [5.74, 6) is 1.76. The second-order valence-corrected chi connectivity index (χ2v) is 23.2. The molecule has 1 aliphatic rings. The van der Waals surface area contributed by atoms with E-state index in [-0.39, 0.29) is 11.3 Å². The van der Waals surface area contributed by atoms with E-state index in [9.17, 15) is 0 Å². The van der Waals surface area contributed by atoms with Crippen molar-refractivity contribution in [1.29, 1.82) is 0 Å². The maximum atomic E-state index is 15.3. The number of aromatic nitrogens is 1. The van der Waals surface area contributed by atoms with E-state index in [1.54, 1.807) is 11.3 Å². The predicted octanol–water partition coefficient (Wildman–Crippen LogP) is 17.1. The predicted molar refractivity (Wildman–Crippen MR) is 286 cm³/mol. The fraction of sp³-hybridized carbons (Fsp3) is 0.632. The van der Waals surface area contributed by atoms with Gasteiger partial charge < -0.3 is 9.47 Å². The number of thiophene rings is 2. The number of anilines is 1. The van der Waals surface area contributed by atoms with Crippen LogP contribution in [-0.2, 0) is 16.8 Å². The standard InChI is InChI=1S/C57H86N2OS3/c1-11-15-18-20-22-25-29-43(27-14-4)40-59-48-37-45-47(38-46(48)55(56(59)60)52-34-33-50(62-52)51-35-36-53(63-51)57(8,9)10)58(42(7)54(45)49(61)32-31-41(5)6)39-44(28-24-17-13-3)30-26-23-21-19-16-12-2/h32-38,41,43-44,61H,7,11-31,39-40H2,1-6,8-10H3/b49-32-. The average molecular weight is 912 g/mol. The number of thiol groups is 1. The third kappa shape index (κ3) is 14.0. The van der Waals surface area contributed by atoms with E-state index < -0.39 is 0 Å². The van der Waals surface area contributed by atoms with Gasteiger partial charge in [-0.15, -0.1) is 35.3 Å². The van der Waals surface area contributed by atoms with Gasteiger partial charge in [-0.1, -0.05) is 178 Å². The minimum absolute atomic E-state index is 0.107. The molecule has 1 aromatic carbocycles. The summed E-state index contributed by atoms with van der Waals surface area (Å²) in [6, 6.07) is 13.8. The summed E-state index contributed by atoms with van der Waals surface area (Å²) < 4.78 is 2.54. The Hall–Kier alpha value is -2.54. The number of rotatable bonds is 29. The SMILES string of the molecule is C=c1c(/C(S)=C/CC(C)C)c2cc3c(cc2n1CC(CCCCC)CCCCCCCC)=C(c1ccc(-c2ccc(C(C)(C)C)s2)s1)C(=O)N3CC(CCC)CCCCCCCC. The van der Waals surface area contributed by atoms with E-state index in [4.69, 9.17) is 19.2 Å². The summed E-state index contributed by atoms with van der Waals surface area (Å²) in [4.78, 5) is 23.5. The first-order chi connectivity index (χ1) is 30.3. The number of amides is 1. The van der Waals surface area contributed by atoms with Crippen molar-refractivity contribution < 1.29 is 4.79 Å². The highest BCUT2D eigenvalue weighted by Crippen LogP contribution is 2.41. The van der Waals surface area contributed by atoms with Crippen molar-refractivity contribution in [3.05, 3.63) is 68.4 Å². The zero-order valence-corrected chi connectivity index (χ0v) is 43.8. The van der Waals surface area contributed by atoms with Gasteiger partial charge in [-0.05, 0) is 91.7 Å². The molecule has 0 radical (unpaired) electrons. The monoisotopic (exact) mass is 911 g/mol. The van der Waals surface area contributed by atoms with Gasteiger partial charge in [0.15, 0.2) is 0 Å². The van der Waals surface area contributed by atoms with E-state index in [1.165, 1.54) is 141 Å². The summed E-state index contributed by atoms with van der Waals surface area (Å²) >= 11 is 8.93. The number of carbonyl (C=O) groups excluding carboxylic acids is 1. The van der Waals surface area contributed by atoms with Gasteiger partial charge >= 0.3 is 0 Å². The summed E-state index contributed by atoms with van der Waals surface area (Å²) in [5.41, 5.74) is 4.40. The summed E-state index contributed by atoms with van der Waals surface area (Å²) in [5, 5.41) is 3.35. The highest BCUT2D eigenvalue weighted by molar-refractivity contribution is 7.90. The Bertz CT molecular complexity index is 2170. The molecule has 1 amide bonds. The number of hydrogen-bond acceptors (Lipinski definition) is 4. The van der Waals surface area contributed by atoms with E-state index in [2.05, 4.69) is 114 Å². The fourth-order valence-electron chi connectivity index (χ4n) is 9.75. The Kier molecular flexibility index (Phi) is 20.7. The first-order valence-electron chi connectivity index (χ1n) is 25.6. The second kappa shape index (κ2) is 25.4. The van der Waals surface area contributed by atoms with Crippen molar-refractivity contribution in [1.82, 2.24) is 4.57 Å². The van der Waals surface area contributed by atoms with E-state index >= 15 is 4.79 Å². The van der Waals surface area contributed by atoms with Crippen molar-refractivity contribution in [3.8, 4) is 9.75 Å². The molecule has 4 aromatic rings. The lowest BCUT2D eigenvalue weighted by Gasteiger charge is -2.25. The fourth-order valence-corrected chi connectivity index (χ4v) is 12.3. The van der Waals surface area contributed by atoms with Crippen LogP contribution in [0.15, 0.2) is 42.5 Å². The van der Waals surface area contributed by atoms with Crippen LogP contribution in [0.2, 0.25) is 0 Å². The van der Waals surface area contributed by atoms with Gasteiger partial charge in [-0.3, -0.25) is 4.79 Å². The van der Waals surface area contributed by atoms with E-state index in [1.807, 2.05) is 11.3 Å². The van der Waals surface area contributed by atoms with Gasteiger partial charge in [0.25, 0.3) is 5.91 Å². The van der Waals surface area contributed by atoms with Gasteiger partial charge in [-0.2, -0.15) is 0 Å². The number of allylic oxidation sites excluding steroid dienone is 1. The first kappa shape index (κ1) is 51.4. The number of carbonyl (C=O) groups is 1. The zero-order chi connectivity index (χ0) is 45.5. The van der Waals surface area contributed by atoms with Gasteiger partial charge in [0.2, 0.25) is 0 Å². The highest BCUT2D eigenvalue weighted by atomic mass is 32.1. The van der Waals surface area contributed by atoms with Gasteiger partial charge in [0, 0.05) is 64.5 Å². The molecule has 0 aliphatic carbocycles. The van der Waals surface area contributed by atoms with Crippen LogP contribution in [0.4, 0.5) is 5.69 Å². The Morgan fingerprint density at radius 2 is 1.24 bits per heavy atom. The van der Waals surface area contributed by atoms with Crippen LogP contribution >= 0.6 is 35.3 Å². The van der Waals surface area contributed by atoms with Crippen LogP contribution in [0, 0.1) is 17.8 Å². The lowest BCUT2D eigenvalue weighted by Crippen LogP contribution is -2.33. The van der Waals surface area contributed by atoms with Crippen molar-refractivity contribution in [2.45, 2.75) is 209 Å². The molecule has 2 atom stereocenters. The van der Waals surface area contributed by atoms with Crippen LogP contribution < -0.4 is 15.5 Å². The van der Waals surface area contributed by atoms with Crippen molar-refractivity contribution in [3.63, 3.8) is 0 Å². The Labute approximate surface area is 398 Å². The van der Waals surface area contributed by atoms with Crippen molar-refractivity contribution in [2.75, 3.05) is 11.4 Å². The van der Waals surface area contributed by atoms with E-state index in [0.717, 1.165) is 69.5 Å². The second-order valence-electron chi connectivity index (χ2n) is 20.5. The van der Waals surface area contributed by atoms with Gasteiger partial charge in [0.05, 0.1) is 11.3 Å². The van der Waals surface area contributed by atoms with Crippen LogP contribution in [0.25, 0.3) is 37.7 Å². The van der Waals surface area contributed by atoms with Crippen molar-refractivity contribution in [2.24, 2.45) is 17.8 Å². The van der Waals surface area contributed by atoms with Crippen LogP contribution in [-0.4, -0.2) is 17.0 Å². The Balaban J connectivity index is 1.65. The Morgan fingerprint density at radius 3 is 1.83 bits per heavy atom. The third-order valence-corrected chi connectivity index (χ3v) is 16.7. The molecule has 0 spiro atoms. The molecule has 6 heteroatoms. The molecule has 0 saturated heterocycles. The number of hydrogen-bond donors (Lipinski definition) is 1. The molecule has 0 saturated carbocycles. The van der Waals surface area contributed by atoms with Crippen molar-refractivity contribution >= 4 is 74.9 Å². The van der Waals surface area contributed by atoms with Crippen LogP contribution in [0.3, 0.4) is 0 Å². The zero-order valence-electron chi connectivity index (χ0n) is 41.3. The quantitative estimate of drug-likeness (QED) is 0.0426. The minimum atomic E-state index is 0.107. The smallest absolute Gasteiger partial charge is 0.260 e. The van der Waals surface area contributed by atoms with Gasteiger partial charge in [-0.25, -0.2) is 0 Å². The molecule has 5 rings (SSSR count). The molecule has 4 heterocycles. The molecule has 2 unspecified atom stereocenters. The normalized spacial score (nSPS) is 14.5. The minimum Gasteiger partial charge on any atom is -0.341 e. The molecule has 0 bridgehead atoms. The number of benzene rings is 1. The molecule has 3 aromatic heterocycles. The number of unbranched alkanes of at least 4 members (excludes halogenated alkanes) is 12. The largest absolute Gasteiger partial charge is 0.341 e. The lowest BCUT2D eigenvalue weighted by atomic mass is 9.94. The molecule has 1 aliphatic heterocycles. The number of nitrogens with zero attached hydrogens (tertiary/aromatic N) is 2. The summed E-state index contributed by atoms with van der Waals surface area (Å²) in [6.07, 6.45) is 28.8. The number of fused-ring (bicyclic) bond motifs is 2. The topological polar surface area (TPSA) is 25.2 Å². The molecule has 0 fully saturated rings. The van der Waals surface area contributed by atoms with Crippen LogP contribution in [0.5, 0.6) is 0 Å². The third-order valence-electron chi connectivity index (χ3n) is 13.5. The highest BCUT2D eigenvalue weighted by Gasteiger charge is 2.34. The summed E-state index contributed by atoms with van der Waals surface area (Å²) in [7, 11) is 0. The first-order valence-corrected chi connectivity index (χ1v) is 27.7. The molecule has 3 nitrogen and oxygen atoms in total. The molecular weight excluding hydrogens is 825 g/mol. The Morgan fingerprint density at radius 1 is 0.698 bits per heavy atom. The summed E-state index contributed by atoms with van der Waals surface area (Å²) in [6.45, 7) is 27.2. The lowest BCUT2D eigenvalue weighted by molar-refractivity contribution is -0.113. The average Bonchev–Trinajstić information content (AvgIpc) is 4.04. The molecular formula is C57H86N2OS3. The van der Waals surface area contributed by atoms with Gasteiger partial charge in [0.1, 0.15) is 0 Å². The van der Waals surface area contributed by atoms with E-state index in [0.29, 0.717) is 17.8 Å². The van der Waals surface area contributed by atoms with Crippen LogP contribution in [0.1, 0.15) is 212 Å². The molecule has 0 N–H and O–H groups in total. The molecule has 63 heavy (non-hydrogen) atoms.